The lowest BCUT2D eigenvalue weighted by atomic mass is 9.83. The number of rotatable bonds is 6. The first kappa shape index (κ1) is 19.0. The molecule has 6 heteroatoms. The smallest absolute Gasteiger partial charge is 0.255 e. The number of hydrogen-bond acceptors (Lipinski definition) is 4. The van der Waals surface area contributed by atoms with Crippen LogP contribution in [0.1, 0.15) is 31.2 Å². The second-order valence-corrected chi connectivity index (χ2v) is 7.86. The summed E-state index contributed by atoms with van der Waals surface area (Å²) >= 11 is 0. The summed E-state index contributed by atoms with van der Waals surface area (Å²) in [5.41, 5.74) is 2.27. The number of hydrogen-bond donors (Lipinski definition) is 0. The highest BCUT2D eigenvalue weighted by Gasteiger charge is 2.49. The molecule has 0 bridgehead atoms. The predicted octanol–water partition coefficient (Wildman–Crippen LogP) is 2.38. The summed E-state index contributed by atoms with van der Waals surface area (Å²) in [4.78, 5) is 28.9. The van der Waals surface area contributed by atoms with E-state index in [1.807, 2.05) is 34.1 Å². The van der Waals surface area contributed by atoms with Crippen LogP contribution in [0.2, 0.25) is 0 Å². The Bertz CT molecular complexity index is 769. The average Bonchev–Trinajstić information content (AvgIpc) is 2.69. The van der Waals surface area contributed by atoms with Gasteiger partial charge in [0.15, 0.2) is 6.10 Å². The monoisotopic (exact) mass is 384 g/mol. The van der Waals surface area contributed by atoms with E-state index in [1.54, 1.807) is 14.2 Å². The SMILES string of the molecule is COc1ccc(CN2C(=O)[C@H](OC)[C@@H]2C2=CCN(C(=O)C3CCC3)CC2)cc1. The molecule has 1 aliphatic carbocycles. The van der Waals surface area contributed by atoms with Gasteiger partial charge in [0.2, 0.25) is 5.91 Å². The molecule has 4 rings (SSSR count). The molecule has 0 N–H and O–H groups in total. The Morgan fingerprint density at radius 2 is 1.93 bits per heavy atom. The highest BCUT2D eigenvalue weighted by Crippen LogP contribution is 2.35. The zero-order chi connectivity index (χ0) is 19.7. The summed E-state index contributed by atoms with van der Waals surface area (Å²) in [6.07, 6.45) is 5.75. The van der Waals surface area contributed by atoms with E-state index < -0.39 is 6.10 Å². The van der Waals surface area contributed by atoms with Gasteiger partial charge in [0, 0.05) is 32.7 Å². The molecule has 1 saturated heterocycles. The molecule has 0 aromatic heterocycles. The summed E-state index contributed by atoms with van der Waals surface area (Å²) in [5.74, 6) is 1.36. The van der Waals surface area contributed by atoms with Gasteiger partial charge >= 0.3 is 0 Å². The van der Waals surface area contributed by atoms with E-state index in [4.69, 9.17) is 9.47 Å². The van der Waals surface area contributed by atoms with Crippen LogP contribution in [0, 0.1) is 5.92 Å². The van der Waals surface area contributed by atoms with Crippen LogP contribution in [0.25, 0.3) is 0 Å². The van der Waals surface area contributed by atoms with Crippen molar-refractivity contribution in [3.8, 4) is 5.75 Å². The van der Waals surface area contributed by atoms with E-state index in [2.05, 4.69) is 6.08 Å². The number of carbonyl (C=O) groups excluding carboxylic acids is 2. The summed E-state index contributed by atoms with van der Waals surface area (Å²) < 4.78 is 10.7. The third kappa shape index (κ3) is 3.41. The number of benzene rings is 1. The molecule has 3 aliphatic rings. The third-order valence-electron chi connectivity index (χ3n) is 6.31. The normalized spacial score (nSPS) is 25.1. The van der Waals surface area contributed by atoms with E-state index in [9.17, 15) is 9.59 Å². The predicted molar refractivity (Wildman–Crippen MR) is 105 cm³/mol. The molecule has 1 saturated carbocycles. The minimum absolute atomic E-state index is 0.0252. The number of methoxy groups -OCH3 is 2. The van der Waals surface area contributed by atoms with E-state index in [0.29, 0.717) is 19.0 Å². The molecule has 2 atom stereocenters. The van der Waals surface area contributed by atoms with Crippen LogP contribution in [-0.4, -0.2) is 61.1 Å². The summed E-state index contributed by atoms with van der Waals surface area (Å²) in [6.45, 7) is 1.93. The lowest BCUT2D eigenvalue weighted by Crippen LogP contribution is -2.66. The number of ether oxygens (including phenoxy) is 2. The minimum Gasteiger partial charge on any atom is -0.497 e. The fraction of sp³-hybridized carbons (Fsp3) is 0.545. The van der Waals surface area contributed by atoms with E-state index in [1.165, 1.54) is 12.0 Å². The Morgan fingerprint density at radius 3 is 2.46 bits per heavy atom. The molecule has 2 heterocycles. The summed E-state index contributed by atoms with van der Waals surface area (Å²) in [6, 6.07) is 7.74. The van der Waals surface area contributed by atoms with Gasteiger partial charge in [0.1, 0.15) is 5.75 Å². The van der Waals surface area contributed by atoms with Crippen LogP contribution in [0.15, 0.2) is 35.9 Å². The molecule has 28 heavy (non-hydrogen) atoms. The van der Waals surface area contributed by atoms with Crippen molar-refractivity contribution in [3.05, 3.63) is 41.5 Å². The molecule has 2 amide bonds. The maximum atomic E-state index is 12.6. The first-order valence-electron chi connectivity index (χ1n) is 10.1. The minimum atomic E-state index is -0.418. The topological polar surface area (TPSA) is 59.1 Å². The van der Waals surface area contributed by atoms with Crippen molar-refractivity contribution in [3.63, 3.8) is 0 Å². The summed E-state index contributed by atoms with van der Waals surface area (Å²) in [5, 5.41) is 0. The Morgan fingerprint density at radius 1 is 1.18 bits per heavy atom. The van der Waals surface area contributed by atoms with E-state index in [-0.39, 0.29) is 17.9 Å². The van der Waals surface area contributed by atoms with Gasteiger partial charge in [0.05, 0.1) is 13.2 Å². The van der Waals surface area contributed by atoms with Crippen molar-refractivity contribution in [2.75, 3.05) is 27.3 Å². The van der Waals surface area contributed by atoms with Gasteiger partial charge in [-0.25, -0.2) is 0 Å². The fourth-order valence-electron chi connectivity index (χ4n) is 4.31. The van der Waals surface area contributed by atoms with Crippen molar-refractivity contribution >= 4 is 11.8 Å². The van der Waals surface area contributed by atoms with Gasteiger partial charge in [-0.2, -0.15) is 0 Å². The van der Waals surface area contributed by atoms with Crippen molar-refractivity contribution in [2.24, 2.45) is 5.92 Å². The van der Waals surface area contributed by atoms with Crippen molar-refractivity contribution < 1.29 is 19.1 Å². The van der Waals surface area contributed by atoms with E-state index >= 15 is 0 Å². The zero-order valence-corrected chi connectivity index (χ0v) is 16.6. The molecule has 0 unspecified atom stereocenters. The van der Waals surface area contributed by atoms with Gasteiger partial charge in [-0.1, -0.05) is 24.6 Å². The lowest BCUT2D eigenvalue weighted by Gasteiger charge is -2.48. The summed E-state index contributed by atoms with van der Waals surface area (Å²) in [7, 11) is 3.23. The van der Waals surface area contributed by atoms with Crippen molar-refractivity contribution in [1.29, 1.82) is 0 Å². The number of likely N-dealkylation sites (tertiary alicyclic amines) is 1. The molecule has 0 spiro atoms. The molecular weight excluding hydrogens is 356 g/mol. The van der Waals surface area contributed by atoms with Crippen molar-refractivity contribution in [1.82, 2.24) is 9.80 Å². The first-order chi connectivity index (χ1) is 13.6. The van der Waals surface area contributed by atoms with Crippen LogP contribution in [-0.2, 0) is 20.9 Å². The number of amides is 2. The number of nitrogens with zero attached hydrogens (tertiary/aromatic N) is 2. The first-order valence-corrected chi connectivity index (χ1v) is 10.1. The molecule has 0 radical (unpaired) electrons. The second-order valence-electron chi connectivity index (χ2n) is 7.86. The van der Waals surface area contributed by atoms with Crippen molar-refractivity contribution in [2.45, 2.75) is 44.4 Å². The highest BCUT2D eigenvalue weighted by atomic mass is 16.5. The van der Waals surface area contributed by atoms with Crippen LogP contribution < -0.4 is 4.74 Å². The van der Waals surface area contributed by atoms with Crippen LogP contribution in [0.4, 0.5) is 0 Å². The molecule has 2 aliphatic heterocycles. The van der Waals surface area contributed by atoms with Gasteiger partial charge in [0.25, 0.3) is 5.91 Å². The van der Waals surface area contributed by atoms with Gasteiger partial charge in [-0.15, -0.1) is 0 Å². The standard InChI is InChI=1S/C22H28N2O4/c1-27-18-8-6-15(7-9-18)14-24-19(20(28-2)22(24)26)16-10-12-23(13-11-16)21(25)17-4-3-5-17/h6-10,17,19-20H,3-5,11-14H2,1-2H3/t19-,20+/m0/s1. The zero-order valence-electron chi connectivity index (χ0n) is 16.6. The molecule has 1 aromatic carbocycles. The van der Waals surface area contributed by atoms with Crippen LogP contribution >= 0.6 is 0 Å². The Balaban J connectivity index is 1.44. The number of carbonyl (C=O) groups is 2. The maximum Gasteiger partial charge on any atom is 0.255 e. The van der Waals surface area contributed by atoms with Crippen LogP contribution in [0.3, 0.4) is 0 Å². The maximum absolute atomic E-state index is 12.6. The lowest BCUT2D eigenvalue weighted by molar-refractivity contribution is -0.168. The quantitative estimate of drug-likeness (QED) is 0.558. The molecule has 150 valence electrons. The molecule has 1 aromatic rings. The van der Waals surface area contributed by atoms with Gasteiger partial charge in [-0.3, -0.25) is 9.59 Å². The average molecular weight is 384 g/mol. The molecule has 6 nitrogen and oxygen atoms in total. The Hall–Kier alpha value is -2.34. The number of β-lactam (4-membered cyclic amide) rings is 1. The fourth-order valence-corrected chi connectivity index (χ4v) is 4.31. The van der Waals surface area contributed by atoms with Gasteiger partial charge < -0.3 is 19.3 Å². The van der Waals surface area contributed by atoms with E-state index in [0.717, 1.165) is 37.1 Å². The van der Waals surface area contributed by atoms with Gasteiger partial charge in [-0.05, 0) is 42.5 Å². The Labute approximate surface area is 166 Å². The molecule has 2 fully saturated rings. The second kappa shape index (κ2) is 7.95. The third-order valence-corrected chi connectivity index (χ3v) is 6.31. The molecular formula is C22H28N2O4. The largest absolute Gasteiger partial charge is 0.497 e. The highest BCUT2D eigenvalue weighted by molar-refractivity contribution is 5.90. The van der Waals surface area contributed by atoms with Crippen LogP contribution in [0.5, 0.6) is 5.75 Å². The Kier molecular flexibility index (Phi) is 5.40.